The highest BCUT2D eigenvalue weighted by Crippen LogP contribution is 2.35. The lowest BCUT2D eigenvalue weighted by Crippen LogP contribution is -2.45. The van der Waals surface area contributed by atoms with Crippen LogP contribution in [0.15, 0.2) is 59.8 Å². The fraction of sp³-hybridized carbons (Fsp3) is 0.273. The smallest absolute Gasteiger partial charge is 0.338 e. The third-order valence-electron chi connectivity index (χ3n) is 4.52. The number of carbonyl (C=O) groups is 2. The Morgan fingerprint density at radius 3 is 2.55 bits per heavy atom. The van der Waals surface area contributed by atoms with Gasteiger partial charge in [0.25, 0.3) is 0 Å². The number of hydrogen-bond donors (Lipinski definition) is 2. The Morgan fingerprint density at radius 2 is 1.86 bits per heavy atom. The molecule has 2 aromatic carbocycles. The summed E-state index contributed by atoms with van der Waals surface area (Å²) in [6.07, 6.45) is 0. The standard InChI is InChI=1S/C22H24N2O5/c1-4-28-21(25)19-14(2)23-22(26)24-20(19)16-10-11-17(18(12-16)27-3)29-13-15-8-6-5-7-9-15/h5-12,20H,4,13H2,1-3H3,(H2,23,24,26)/t20-/m0/s1. The van der Waals surface area contributed by atoms with Crippen LogP contribution in [0, 0.1) is 0 Å². The molecule has 0 saturated carbocycles. The van der Waals surface area contributed by atoms with Crippen molar-refractivity contribution >= 4 is 12.0 Å². The van der Waals surface area contributed by atoms with Crippen LogP contribution in [0.1, 0.15) is 31.0 Å². The number of rotatable bonds is 7. The van der Waals surface area contributed by atoms with Crippen LogP contribution in [0.4, 0.5) is 4.79 Å². The number of hydrogen-bond acceptors (Lipinski definition) is 5. The van der Waals surface area contributed by atoms with E-state index in [1.165, 1.54) is 0 Å². The van der Waals surface area contributed by atoms with Crippen LogP contribution >= 0.6 is 0 Å². The van der Waals surface area contributed by atoms with Crippen molar-refractivity contribution in [2.24, 2.45) is 0 Å². The highest BCUT2D eigenvalue weighted by atomic mass is 16.5. The molecule has 1 atom stereocenters. The van der Waals surface area contributed by atoms with Gasteiger partial charge in [0, 0.05) is 5.70 Å². The van der Waals surface area contributed by atoms with E-state index in [1.54, 1.807) is 39.2 Å². The van der Waals surface area contributed by atoms with Crippen LogP contribution in [0.5, 0.6) is 11.5 Å². The summed E-state index contributed by atoms with van der Waals surface area (Å²) in [5.74, 6) is 0.594. The number of urea groups is 1. The van der Waals surface area contributed by atoms with Gasteiger partial charge >= 0.3 is 12.0 Å². The van der Waals surface area contributed by atoms with Crippen LogP contribution < -0.4 is 20.1 Å². The summed E-state index contributed by atoms with van der Waals surface area (Å²) in [6, 6.07) is 14.1. The molecule has 1 heterocycles. The average molecular weight is 396 g/mol. The minimum Gasteiger partial charge on any atom is -0.493 e. The first kappa shape index (κ1) is 20.3. The largest absolute Gasteiger partial charge is 0.493 e. The van der Waals surface area contributed by atoms with E-state index < -0.39 is 12.0 Å². The molecule has 0 radical (unpaired) electrons. The van der Waals surface area contributed by atoms with E-state index in [0.717, 1.165) is 5.56 Å². The van der Waals surface area contributed by atoms with Crippen molar-refractivity contribution < 1.29 is 23.8 Å². The molecule has 0 fully saturated rings. The van der Waals surface area contributed by atoms with Crippen LogP contribution in [-0.4, -0.2) is 25.7 Å². The van der Waals surface area contributed by atoms with Gasteiger partial charge < -0.3 is 24.8 Å². The Kier molecular flexibility index (Phi) is 6.39. The van der Waals surface area contributed by atoms with Gasteiger partial charge in [0.2, 0.25) is 0 Å². The van der Waals surface area contributed by atoms with Crippen molar-refractivity contribution in [2.45, 2.75) is 26.5 Å². The second kappa shape index (κ2) is 9.14. The van der Waals surface area contributed by atoms with Crippen molar-refractivity contribution in [1.82, 2.24) is 10.6 Å². The highest BCUT2D eigenvalue weighted by molar-refractivity contribution is 5.95. The first-order valence-electron chi connectivity index (χ1n) is 9.33. The van der Waals surface area contributed by atoms with Crippen LogP contribution in [0.25, 0.3) is 0 Å². The van der Waals surface area contributed by atoms with Crippen LogP contribution in [0.2, 0.25) is 0 Å². The summed E-state index contributed by atoms with van der Waals surface area (Å²) in [6.45, 7) is 4.05. The molecular weight excluding hydrogens is 372 g/mol. The molecule has 2 aromatic rings. The minimum absolute atomic E-state index is 0.242. The highest BCUT2D eigenvalue weighted by Gasteiger charge is 2.32. The Hall–Kier alpha value is -3.48. The second-order valence-electron chi connectivity index (χ2n) is 6.48. The van der Waals surface area contributed by atoms with Gasteiger partial charge in [-0.1, -0.05) is 36.4 Å². The van der Waals surface area contributed by atoms with Crippen molar-refractivity contribution in [1.29, 1.82) is 0 Å². The normalized spacial score (nSPS) is 16.0. The van der Waals surface area contributed by atoms with Gasteiger partial charge in [-0.3, -0.25) is 0 Å². The first-order valence-corrected chi connectivity index (χ1v) is 9.33. The van der Waals surface area contributed by atoms with Gasteiger partial charge in [0.15, 0.2) is 11.5 Å². The number of allylic oxidation sites excluding steroid dienone is 1. The molecular formula is C22H24N2O5. The summed E-state index contributed by atoms with van der Waals surface area (Å²) < 4.78 is 16.5. The number of methoxy groups -OCH3 is 1. The zero-order chi connectivity index (χ0) is 20.8. The maximum absolute atomic E-state index is 12.5. The summed E-state index contributed by atoms with van der Waals surface area (Å²) in [5, 5.41) is 5.40. The number of esters is 1. The molecule has 7 nitrogen and oxygen atoms in total. The first-order chi connectivity index (χ1) is 14.0. The quantitative estimate of drug-likeness (QED) is 0.700. The summed E-state index contributed by atoms with van der Waals surface area (Å²) in [7, 11) is 1.54. The van der Waals surface area contributed by atoms with Gasteiger partial charge in [-0.2, -0.15) is 0 Å². The number of amides is 2. The lowest BCUT2D eigenvalue weighted by molar-refractivity contribution is -0.139. The number of benzene rings is 2. The maximum Gasteiger partial charge on any atom is 0.338 e. The topological polar surface area (TPSA) is 85.9 Å². The Morgan fingerprint density at radius 1 is 1.10 bits per heavy atom. The third kappa shape index (κ3) is 4.68. The monoisotopic (exact) mass is 396 g/mol. The van der Waals surface area contributed by atoms with E-state index in [4.69, 9.17) is 14.2 Å². The Balaban J connectivity index is 1.88. The SMILES string of the molecule is CCOC(=O)C1=C(C)NC(=O)N[C@H]1c1ccc(OCc2ccccc2)c(OC)c1. The zero-order valence-electron chi connectivity index (χ0n) is 16.7. The molecule has 1 aliphatic rings. The molecule has 0 aromatic heterocycles. The predicted molar refractivity (Wildman–Crippen MR) is 108 cm³/mol. The molecule has 1 aliphatic heterocycles. The van der Waals surface area contributed by atoms with Crippen LogP contribution in [0.3, 0.4) is 0 Å². The van der Waals surface area contributed by atoms with Crippen molar-refractivity contribution in [3.63, 3.8) is 0 Å². The molecule has 7 heteroatoms. The van der Waals surface area contributed by atoms with E-state index >= 15 is 0 Å². The molecule has 2 N–H and O–H groups in total. The molecule has 3 rings (SSSR count). The summed E-state index contributed by atoms with van der Waals surface area (Å²) >= 11 is 0. The van der Waals surface area contributed by atoms with E-state index in [1.807, 2.05) is 30.3 Å². The molecule has 2 amide bonds. The second-order valence-corrected chi connectivity index (χ2v) is 6.48. The van der Waals surface area contributed by atoms with Crippen molar-refractivity contribution in [3.8, 4) is 11.5 Å². The summed E-state index contributed by atoms with van der Waals surface area (Å²) in [5.41, 5.74) is 2.53. The number of carbonyl (C=O) groups excluding carboxylic acids is 2. The third-order valence-corrected chi connectivity index (χ3v) is 4.52. The lowest BCUT2D eigenvalue weighted by Gasteiger charge is -2.28. The number of ether oxygens (including phenoxy) is 3. The van der Waals surface area contributed by atoms with Crippen molar-refractivity contribution in [2.75, 3.05) is 13.7 Å². The van der Waals surface area contributed by atoms with Gasteiger partial charge in [0.05, 0.1) is 25.3 Å². The molecule has 0 bridgehead atoms. The summed E-state index contributed by atoms with van der Waals surface area (Å²) in [4.78, 5) is 24.5. The van der Waals surface area contributed by atoms with E-state index in [2.05, 4.69) is 10.6 Å². The average Bonchev–Trinajstić information content (AvgIpc) is 2.72. The van der Waals surface area contributed by atoms with Crippen LogP contribution in [-0.2, 0) is 16.1 Å². The predicted octanol–water partition coefficient (Wildman–Crippen LogP) is 3.47. The lowest BCUT2D eigenvalue weighted by atomic mass is 9.95. The van der Waals surface area contributed by atoms with E-state index in [0.29, 0.717) is 34.9 Å². The molecule has 29 heavy (non-hydrogen) atoms. The molecule has 0 spiro atoms. The molecule has 152 valence electrons. The van der Waals surface area contributed by atoms with E-state index in [-0.39, 0.29) is 12.6 Å². The molecule has 0 aliphatic carbocycles. The fourth-order valence-electron chi connectivity index (χ4n) is 3.14. The van der Waals surface area contributed by atoms with Gasteiger partial charge in [0.1, 0.15) is 6.61 Å². The van der Waals surface area contributed by atoms with Gasteiger partial charge in [-0.25, -0.2) is 9.59 Å². The van der Waals surface area contributed by atoms with Gasteiger partial charge in [-0.05, 0) is 37.1 Å². The molecule has 0 unspecified atom stereocenters. The number of nitrogens with one attached hydrogen (secondary N) is 2. The van der Waals surface area contributed by atoms with E-state index in [9.17, 15) is 9.59 Å². The minimum atomic E-state index is -0.653. The maximum atomic E-state index is 12.5. The molecule has 0 saturated heterocycles. The van der Waals surface area contributed by atoms with Gasteiger partial charge in [-0.15, -0.1) is 0 Å². The van der Waals surface area contributed by atoms with Crippen molar-refractivity contribution in [3.05, 3.63) is 70.9 Å². The Bertz CT molecular complexity index is 924. The fourth-order valence-corrected chi connectivity index (χ4v) is 3.14. The zero-order valence-corrected chi connectivity index (χ0v) is 16.7. The Labute approximate surface area is 169 Å².